The molecule has 1 aromatic carbocycles. The highest BCUT2D eigenvalue weighted by Crippen LogP contribution is 2.21. The van der Waals surface area contributed by atoms with Gasteiger partial charge < -0.3 is 4.90 Å². The summed E-state index contributed by atoms with van der Waals surface area (Å²) in [4.78, 5) is 31.2. The standard InChI is InChI=1S/C16H12N4O3S2/c21-15-14(8-13-5-2-6-24-13)25-16-17-9-18(10-19(15)16)11-3-1-4-12(7-11)20(22)23/h1-8H,9-10H2. The van der Waals surface area contributed by atoms with E-state index >= 15 is 0 Å². The Hall–Kier alpha value is -2.78. The summed E-state index contributed by atoms with van der Waals surface area (Å²) in [5.41, 5.74) is 0.602. The van der Waals surface area contributed by atoms with Gasteiger partial charge in [0.05, 0.1) is 9.46 Å². The number of nitro groups is 1. The summed E-state index contributed by atoms with van der Waals surface area (Å²) in [5.74, 6) is 0. The highest BCUT2D eigenvalue weighted by atomic mass is 32.1. The molecule has 1 aliphatic heterocycles. The Labute approximate surface area is 149 Å². The van der Waals surface area contributed by atoms with E-state index in [0.29, 0.717) is 28.4 Å². The fourth-order valence-electron chi connectivity index (χ4n) is 2.58. The van der Waals surface area contributed by atoms with Crippen molar-refractivity contribution in [3.05, 3.63) is 76.5 Å². The molecular formula is C16H12N4O3S2. The first kappa shape index (κ1) is 15.7. The molecule has 0 aliphatic carbocycles. The van der Waals surface area contributed by atoms with Crippen molar-refractivity contribution in [1.82, 2.24) is 4.57 Å². The van der Waals surface area contributed by atoms with Crippen molar-refractivity contribution in [2.45, 2.75) is 6.67 Å². The lowest BCUT2D eigenvalue weighted by Gasteiger charge is -2.25. The molecule has 0 unspecified atom stereocenters. The van der Waals surface area contributed by atoms with Crippen LogP contribution in [0.5, 0.6) is 0 Å². The highest BCUT2D eigenvalue weighted by molar-refractivity contribution is 7.11. The third-order valence-corrected chi connectivity index (χ3v) is 5.66. The summed E-state index contributed by atoms with van der Waals surface area (Å²) in [7, 11) is 0. The average Bonchev–Trinajstić information content (AvgIpc) is 3.24. The minimum Gasteiger partial charge on any atom is -0.333 e. The van der Waals surface area contributed by atoms with E-state index in [1.54, 1.807) is 28.0 Å². The maximum absolute atomic E-state index is 12.6. The molecule has 126 valence electrons. The second-order valence-electron chi connectivity index (χ2n) is 5.40. The molecule has 7 nitrogen and oxygen atoms in total. The molecule has 3 aromatic rings. The zero-order chi connectivity index (χ0) is 17.4. The first-order valence-electron chi connectivity index (χ1n) is 7.40. The van der Waals surface area contributed by atoms with Crippen molar-refractivity contribution in [2.24, 2.45) is 4.99 Å². The van der Waals surface area contributed by atoms with Gasteiger partial charge in [-0.1, -0.05) is 23.5 Å². The first-order chi connectivity index (χ1) is 12.1. The number of rotatable bonds is 3. The van der Waals surface area contributed by atoms with Gasteiger partial charge in [0, 0.05) is 22.7 Å². The number of thiazole rings is 1. The van der Waals surface area contributed by atoms with E-state index in [9.17, 15) is 14.9 Å². The van der Waals surface area contributed by atoms with Crippen LogP contribution in [-0.4, -0.2) is 16.2 Å². The smallest absolute Gasteiger partial charge is 0.271 e. The number of hydrogen-bond acceptors (Lipinski definition) is 7. The molecule has 3 heterocycles. The van der Waals surface area contributed by atoms with Crippen LogP contribution in [0.25, 0.3) is 6.08 Å². The van der Waals surface area contributed by atoms with Gasteiger partial charge in [0.1, 0.15) is 13.3 Å². The van der Waals surface area contributed by atoms with Gasteiger partial charge in [-0.2, -0.15) is 0 Å². The Kier molecular flexibility index (Phi) is 3.94. The number of benzene rings is 1. The molecule has 2 aromatic heterocycles. The zero-order valence-electron chi connectivity index (χ0n) is 12.9. The maximum atomic E-state index is 12.6. The van der Waals surface area contributed by atoms with Crippen LogP contribution < -0.4 is 19.8 Å². The third-order valence-electron chi connectivity index (χ3n) is 3.80. The second kappa shape index (κ2) is 6.26. The molecule has 0 atom stereocenters. The van der Waals surface area contributed by atoms with E-state index in [1.807, 2.05) is 28.5 Å². The van der Waals surface area contributed by atoms with Gasteiger partial charge in [0.25, 0.3) is 11.2 Å². The van der Waals surface area contributed by atoms with Gasteiger partial charge in [-0.25, -0.2) is 4.99 Å². The lowest BCUT2D eigenvalue weighted by Crippen LogP contribution is -2.42. The van der Waals surface area contributed by atoms with Gasteiger partial charge in [-0.3, -0.25) is 19.5 Å². The molecule has 0 fully saturated rings. The van der Waals surface area contributed by atoms with Crippen molar-refractivity contribution in [3.63, 3.8) is 0 Å². The number of hydrogen-bond donors (Lipinski definition) is 0. The predicted molar refractivity (Wildman–Crippen MR) is 97.7 cm³/mol. The topological polar surface area (TPSA) is 80.7 Å². The van der Waals surface area contributed by atoms with E-state index in [4.69, 9.17) is 0 Å². The van der Waals surface area contributed by atoms with Crippen molar-refractivity contribution in [2.75, 3.05) is 11.6 Å². The Morgan fingerprint density at radius 2 is 2.16 bits per heavy atom. The number of aromatic nitrogens is 1. The maximum Gasteiger partial charge on any atom is 0.271 e. The zero-order valence-corrected chi connectivity index (χ0v) is 14.5. The molecule has 25 heavy (non-hydrogen) atoms. The molecule has 0 amide bonds. The van der Waals surface area contributed by atoms with Crippen LogP contribution in [0.1, 0.15) is 4.88 Å². The summed E-state index contributed by atoms with van der Waals surface area (Å²) >= 11 is 2.94. The van der Waals surface area contributed by atoms with Crippen molar-refractivity contribution in [1.29, 1.82) is 0 Å². The molecular weight excluding hydrogens is 360 g/mol. The summed E-state index contributed by atoms with van der Waals surface area (Å²) in [6.07, 6.45) is 1.87. The molecule has 0 bridgehead atoms. The van der Waals surface area contributed by atoms with Crippen LogP contribution in [0.2, 0.25) is 0 Å². The highest BCUT2D eigenvalue weighted by Gasteiger charge is 2.17. The van der Waals surface area contributed by atoms with Crippen molar-refractivity contribution in [3.8, 4) is 0 Å². The number of anilines is 1. The summed E-state index contributed by atoms with van der Waals surface area (Å²) in [5, 5.41) is 12.9. The Bertz CT molecular complexity index is 1120. The molecule has 0 saturated carbocycles. The number of nitro benzene ring substituents is 1. The van der Waals surface area contributed by atoms with Gasteiger partial charge in [0.2, 0.25) is 0 Å². The Balaban J connectivity index is 1.71. The van der Waals surface area contributed by atoms with Crippen LogP contribution in [0.3, 0.4) is 0 Å². The third kappa shape index (κ3) is 2.99. The molecule has 0 radical (unpaired) electrons. The molecule has 4 rings (SSSR count). The molecule has 0 spiro atoms. The molecule has 0 saturated heterocycles. The predicted octanol–water partition coefficient (Wildman–Crippen LogP) is 1.76. The molecule has 1 aliphatic rings. The quantitative estimate of drug-likeness (QED) is 0.518. The monoisotopic (exact) mass is 372 g/mol. The summed E-state index contributed by atoms with van der Waals surface area (Å²) in [6, 6.07) is 10.3. The number of thiophene rings is 1. The number of fused-ring (bicyclic) bond motifs is 1. The van der Waals surface area contributed by atoms with Crippen LogP contribution in [-0.2, 0) is 6.67 Å². The Morgan fingerprint density at radius 1 is 1.28 bits per heavy atom. The second-order valence-corrected chi connectivity index (χ2v) is 7.39. The normalized spacial score (nSPS) is 14.2. The van der Waals surface area contributed by atoms with Crippen LogP contribution in [0.4, 0.5) is 11.4 Å². The van der Waals surface area contributed by atoms with Crippen molar-refractivity contribution < 1.29 is 4.92 Å². The van der Waals surface area contributed by atoms with Gasteiger partial charge in [-0.15, -0.1) is 11.3 Å². The van der Waals surface area contributed by atoms with Crippen LogP contribution in [0, 0.1) is 10.1 Å². The minimum atomic E-state index is -0.430. The summed E-state index contributed by atoms with van der Waals surface area (Å²) < 4.78 is 2.24. The lowest BCUT2D eigenvalue weighted by atomic mass is 10.2. The lowest BCUT2D eigenvalue weighted by molar-refractivity contribution is -0.384. The number of nitrogens with zero attached hydrogens (tertiary/aromatic N) is 4. The van der Waals surface area contributed by atoms with Gasteiger partial charge in [-0.05, 0) is 23.6 Å². The van der Waals surface area contributed by atoms with E-state index < -0.39 is 4.92 Å². The Morgan fingerprint density at radius 3 is 2.92 bits per heavy atom. The van der Waals surface area contributed by atoms with Crippen LogP contribution >= 0.6 is 22.7 Å². The molecule has 9 heteroatoms. The minimum absolute atomic E-state index is 0.0210. The van der Waals surface area contributed by atoms with Gasteiger partial charge >= 0.3 is 0 Å². The average molecular weight is 372 g/mol. The van der Waals surface area contributed by atoms with Crippen LogP contribution in [0.15, 0.2) is 51.6 Å². The van der Waals surface area contributed by atoms with Gasteiger partial charge in [0.15, 0.2) is 4.80 Å². The van der Waals surface area contributed by atoms with E-state index in [-0.39, 0.29) is 11.2 Å². The molecule has 0 N–H and O–H groups in total. The summed E-state index contributed by atoms with van der Waals surface area (Å²) in [6.45, 7) is 0.688. The van der Waals surface area contributed by atoms with E-state index in [0.717, 1.165) is 4.88 Å². The first-order valence-corrected chi connectivity index (χ1v) is 9.10. The number of non-ortho nitro benzene ring substituents is 1. The fourth-order valence-corrected chi connectivity index (χ4v) is 4.27. The van der Waals surface area contributed by atoms with E-state index in [2.05, 4.69) is 4.99 Å². The largest absolute Gasteiger partial charge is 0.333 e. The SMILES string of the molecule is O=c1c(=Cc2cccs2)sc2n1CN(c1cccc([N+](=O)[O-])c1)CN=2. The van der Waals surface area contributed by atoms with Crippen molar-refractivity contribution >= 4 is 40.1 Å². The van der Waals surface area contributed by atoms with E-state index in [1.165, 1.54) is 23.5 Å². The fraction of sp³-hybridized carbons (Fsp3) is 0.125.